The number of nitrogens with zero attached hydrogens (tertiary/aromatic N) is 2. The monoisotopic (exact) mass is 334 g/mol. The molecule has 1 aromatic heterocycles. The first-order valence-electron chi connectivity index (χ1n) is 8.01. The van der Waals surface area contributed by atoms with Gasteiger partial charge in [-0.15, -0.1) is 0 Å². The lowest BCUT2D eigenvalue weighted by Gasteiger charge is -2.18. The molecule has 0 spiro atoms. The SMILES string of the molecule is CC(C)n1c(-c2ccccc2)nc(-c2ccccc2)c(C(=O)O)c1=O. The van der Waals surface area contributed by atoms with Crippen LogP contribution in [0.3, 0.4) is 0 Å². The van der Waals surface area contributed by atoms with Gasteiger partial charge in [0.1, 0.15) is 5.82 Å². The van der Waals surface area contributed by atoms with Crippen LogP contribution in [-0.2, 0) is 0 Å². The lowest BCUT2D eigenvalue weighted by atomic mass is 10.1. The van der Waals surface area contributed by atoms with Crippen LogP contribution in [0.25, 0.3) is 22.6 Å². The van der Waals surface area contributed by atoms with E-state index >= 15 is 0 Å². The highest BCUT2D eigenvalue weighted by Crippen LogP contribution is 2.25. The molecule has 0 aliphatic heterocycles. The number of hydrogen-bond donors (Lipinski definition) is 1. The summed E-state index contributed by atoms with van der Waals surface area (Å²) in [6.45, 7) is 3.67. The zero-order chi connectivity index (χ0) is 18.0. The maximum Gasteiger partial charge on any atom is 0.343 e. The van der Waals surface area contributed by atoms with Crippen molar-refractivity contribution in [3.8, 4) is 22.6 Å². The van der Waals surface area contributed by atoms with Crippen LogP contribution in [-0.4, -0.2) is 20.6 Å². The molecule has 0 amide bonds. The van der Waals surface area contributed by atoms with Gasteiger partial charge >= 0.3 is 5.97 Å². The van der Waals surface area contributed by atoms with Gasteiger partial charge < -0.3 is 5.11 Å². The van der Waals surface area contributed by atoms with Gasteiger partial charge in [-0.2, -0.15) is 0 Å². The first-order valence-corrected chi connectivity index (χ1v) is 8.01. The molecule has 126 valence electrons. The van der Waals surface area contributed by atoms with Crippen molar-refractivity contribution in [2.75, 3.05) is 0 Å². The van der Waals surface area contributed by atoms with Crippen molar-refractivity contribution in [2.24, 2.45) is 0 Å². The fraction of sp³-hybridized carbons (Fsp3) is 0.150. The highest BCUT2D eigenvalue weighted by Gasteiger charge is 2.24. The highest BCUT2D eigenvalue weighted by atomic mass is 16.4. The van der Waals surface area contributed by atoms with Crippen LogP contribution in [0.2, 0.25) is 0 Å². The van der Waals surface area contributed by atoms with E-state index in [-0.39, 0.29) is 17.3 Å². The number of rotatable bonds is 4. The van der Waals surface area contributed by atoms with E-state index in [2.05, 4.69) is 4.98 Å². The molecule has 3 rings (SSSR count). The van der Waals surface area contributed by atoms with Crippen molar-refractivity contribution in [1.82, 2.24) is 9.55 Å². The van der Waals surface area contributed by atoms with E-state index in [1.807, 2.05) is 50.2 Å². The van der Waals surface area contributed by atoms with Gasteiger partial charge in [0.25, 0.3) is 5.56 Å². The molecule has 25 heavy (non-hydrogen) atoms. The number of carboxylic acid groups (broad SMARTS) is 1. The lowest BCUT2D eigenvalue weighted by molar-refractivity contribution is 0.0694. The van der Waals surface area contributed by atoms with E-state index in [4.69, 9.17) is 0 Å². The van der Waals surface area contributed by atoms with E-state index in [0.29, 0.717) is 11.4 Å². The second kappa shape index (κ2) is 6.73. The minimum absolute atomic E-state index is 0.189. The molecule has 5 heteroatoms. The molecule has 0 fully saturated rings. The van der Waals surface area contributed by atoms with Gasteiger partial charge in [-0.05, 0) is 13.8 Å². The quantitative estimate of drug-likeness (QED) is 0.786. The molecule has 5 nitrogen and oxygen atoms in total. The zero-order valence-corrected chi connectivity index (χ0v) is 14.0. The summed E-state index contributed by atoms with van der Waals surface area (Å²) in [7, 11) is 0. The lowest BCUT2D eigenvalue weighted by Crippen LogP contribution is -2.31. The average Bonchev–Trinajstić information content (AvgIpc) is 2.61. The summed E-state index contributed by atoms with van der Waals surface area (Å²) in [5.41, 5.74) is 0.705. The summed E-state index contributed by atoms with van der Waals surface area (Å²) in [4.78, 5) is 29.4. The summed E-state index contributed by atoms with van der Waals surface area (Å²) in [5.74, 6) is -0.810. The van der Waals surface area contributed by atoms with Crippen LogP contribution in [0.1, 0.15) is 30.2 Å². The summed E-state index contributed by atoms with van der Waals surface area (Å²) >= 11 is 0. The Morgan fingerprint density at radius 1 is 0.960 bits per heavy atom. The normalized spacial score (nSPS) is 10.8. The number of aromatic carboxylic acids is 1. The van der Waals surface area contributed by atoms with E-state index in [1.165, 1.54) is 4.57 Å². The molecule has 0 radical (unpaired) electrons. The predicted molar refractivity (Wildman–Crippen MR) is 96.7 cm³/mol. The maximum atomic E-state index is 13.0. The van der Waals surface area contributed by atoms with Gasteiger partial charge in [-0.25, -0.2) is 9.78 Å². The van der Waals surface area contributed by atoms with Crippen molar-refractivity contribution in [3.05, 3.63) is 76.6 Å². The minimum Gasteiger partial charge on any atom is -0.477 e. The fourth-order valence-electron chi connectivity index (χ4n) is 2.80. The third-order valence-corrected chi connectivity index (χ3v) is 3.92. The van der Waals surface area contributed by atoms with Crippen LogP contribution in [0.4, 0.5) is 0 Å². The molecule has 3 aromatic rings. The zero-order valence-electron chi connectivity index (χ0n) is 14.0. The van der Waals surface area contributed by atoms with E-state index < -0.39 is 11.5 Å². The Bertz CT molecular complexity index is 961. The Morgan fingerprint density at radius 3 is 1.96 bits per heavy atom. The Labute approximate surface area is 145 Å². The Hall–Kier alpha value is -3.21. The summed E-state index contributed by atoms with van der Waals surface area (Å²) in [5, 5.41) is 9.62. The number of benzene rings is 2. The molecule has 1 N–H and O–H groups in total. The van der Waals surface area contributed by atoms with Gasteiger partial charge in [-0.3, -0.25) is 9.36 Å². The molecule has 0 unspecified atom stereocenters. The number of aromatic nitrogens is 2. The largest absolute Gasteiger partial charge is 0.477 e. The Balaban J connectivity index is 2.42. The van der Waals surface area contributed by atoms with Crippen molar-refractivity contribution < 1.29 is 9.90 Å². The third kappa shape index (κ3) is 3.08. The molecule has 0 atom stereocenters. The fourth-order valence-corrected chi connectivity index (χ4v) is 2.80. The van der Waals surface area contributed by atoms with E-state index in [0.717, 1.165) is 5.56 Å². The van der Waals surface area contributed by atoms with Crippen LogP contribution in [0.15, 0.2) is 65.5 Å². The molecule has 0 aliphatic carbocycles. The van der Waals surface area contributed by atoms with Gasteiger partial charge in [0.05, 0.1) is 5.69 Å². The van der Waals surface area contributed by atoms with Crippen molar-refractivity contribution in [2.45, 2.75) is 19.9 Å². The predicted octanol–water partition coefficient (Wildman–Crippen LogP) is 3.86. The van der Waals surface area contributed by atoms with Crippen molar-refractivity contribution >= 4 is 5.97 Å². The van der Waals surface area contributed by atoms with E-state index in [1.54, 1.807) is 24.3 Å². The maximum absolute atomic E-state index is 13.0. The molecule has 0 saturated carbocycles. The number of carboxylic acids is 1. The molecule has 0 bridgehead atoms. The smallest absolute Gasteiger partial charge is 0.343 e. The van der Waals surface area contributed by atoms with Crippen LogP contribution >= 0.6 is 0 Å². The van der Waals surface area contributed by atoms with Crippen molar-refractivity contribution in [1.29, 1.82) is 0 Å². The summed E-state index contributed by atoms with van der Waals surface area (Å²) in [6.07, 6.45) is 0. The van der Waals surface area contributed by atoms with Crippen LogP contribution in [0.5, 0.6) is 0 Å². The third-order valence-electron chi connectivity index (χ3n) is 3.92. The van der Waals surface area contributed by atoms with Gasteiger partial charge in [0.15, 0.2) is 5.56 Å². The summed E-state index contributed by atoms with van der Waals surface area (Å²) in [6, 6.07) is 18.0. The standard InChI is InChI=1S/C20H18N2O3/c1-13(2)22-18(15-11-7-4-8-12-15)21-17(14-9-5-3-6-10-14)16(19(22)23)20(24)25/h3-13H,1-2H3,(H,24,25). The first-order chi connectivity index (χ1) is 12.0. The second-order valence-electron chi connectivity index (χ2n) is 5.97. The molecule has 2 aromatic carbocycles. The van der Waals surface area contributed by atoms with Crippen LogP contribution < -0.4 is 5.56 Å². The van der Waals surface area contributed by atoms with Gasteiger partial charge in [0.2, 0.25) is 0 Å². The van der Waals surface area contributed by atoms with Gasteiger partial charge in [0, 0.05) is 17.2 Å². The highest BCUT2D eigenvalue weighted by molar-refractivity contribution is 5.94. The molecule has 0 aliphatic rings. The summed E-state index contributed by atoms with van der Waals surface area (Å²) < 4.78 is 1.44. The Morgan fingerprint density at radius 2 is 1.48 bits per heavy atom. The molecule has 0 saturated heterocycles. The minimum atomic E-state index is -1.27. The van der Waals surface area contributed by atoms with E-state index in [9.17, 15) is 14.7 Å². The number of carbonyl (C=O) groups is 1. The Kier molecular flexibility index (Phi) is 4.48. The number of hydrogen-bond acceptors (Lipinski definition) is 3. The van der Waals surface area contributed by atoms with Crippen LogP contribution in [0, 0.1) is 0 Å². The molecule has 1 heterocycles. The topological polar surface area (TPSA) is 72.2 Å². The van der Waals surface area contributed by atoms with Gasteiger partial charge in [-0.1, -0.05) is 60.7 Å². The first kappa shape index (κ1) is 16.6. The molecular weight excluding hydrogens is 316 g/mol. The second-order valence-corrected chi connectivity index (χ2v) is 5.97. The van der Waals surface area contributed by atoms with Crippen molar-refractivity contribution in [3.63, 3.8) is 0 Å². The average molecular weight is 334 g/mol. The molecular formula is C20H18N2O3.